The number of carbonyl (C=O) groups excluding carboxylic acids is 1. The molecule has 1 N–H and O–H groups in total. The molecule has 1 heterocycles. The van der Waals surface area contributed by atoms with E-state index in [0.717, 1.165) is 36.0 Å². The van der Waals surface area contributed by atoms with Crippen LogP contribution < -0.4 is 10.1 Å². The number of hydrogen-bond donors (Lipinski definition) is 1. The molecule has 3 nitrogen and oxygen atoms in total. The highest BCUT2D eigenvalue weighted by molar-refractivity contribution is 9.10. The van der Waals surface area contributed by atoms with Gasteiger partial charge in [0.2, 0.25) is 0 Å². The van der Waals surface area contributed by atoms with Crippen LogP contribution in [-0.4, -0.2) is 18.6 Å². The van der Waals surface area contributed by atoms with Crippen molar-refractivity contribution in [3.8, 4) is 5.75 Å². The van der Waals surface area contributed by atoms with Crippen molar-refractivity contribution >= 4 is 21.8 Å². The highest BCUT2D eigenvalue weighted by Crippen LogP contribution is 2.19. The fourth-order valence-corrected chi connectivity index (χ4v) is 1.97. The number of rotatable bonds is 2. The van der Waals surface area contributed by atoms with Gasteiger partial charge in [0.05, 0.1) is 0 Å². The summed E-state index contributed by atoms with van der Waals surface area (Å²) in [4.78, 5) is 11.6. The summed E-state index contributed by atoms with van der Waals surface area (Å²) in [5.74, 6) is 0.741. The molecule has 1 aromatic carbocycles. The van der Waals surface area contributed by atoms with Crippen molar-refractivity contribution in [1.29, 1.82) is 0 Å². The van der Waals surface area contributed by atoms with Gasteiger partial charge in [0.25, 0.3) is 5.91 Å². The quantitative estimate of drug-likeness (QED) is 0.906. The third-order valence-corrected chi connectivity index (χ3v) is 3.11. The lowest BCUT2D eigenvalue weighted by Crippen LogP contribution is -2.36. The molecule has 1 saturated heterocycles. The van der Waals surface area contributed by atoms with Crippen LogP contribution in [0.2, 0.25) is 0 Å². The van der Waals surface area contributed by atoms with Crippen LogP contribution in [-0.2, 0) is 4.79 Å². The van der Waals surface area contributed by atoms with Gasteiger partial charge in [-0.15, -0.1) is 0 Å². The Morgan fingerprint density at radius 3 is 2.75 bits per heavy atom. The van der Waals surface area contributed by atoms with E-state index in [1.165, 1.54) is 0 Å². The summed E-state index contributed by atoms with van der Waals surface area (Å²) >= 11 is 3.36. The Hall–Kier alpha value is -1.03. The number of carbonyl (C=O) groups is 1. The number of amides is 1. The maximum Gasteiger partial charge on any atom is 0.261 e. The van der Waals surface area contributed by atoms with Gasteiger partial charge in [0.15, 0.2) is 6.10 Å². The number of ether oxygens (including phenoxy) is 1. The lowest BCUT2D eigenvalue weighted by atomic mass is 10.2. The summed E-state index contributed by atoms with van der Waals surface area (Å²) in [5.41, 5.74) is 0. The van der Waals surface area contributed by atoms with Crippen molar-refractivity contribution < 1.29 is 9.53 Å². The molecule has 0 radical (unpaired) electrons. The topological polar surface area (TPSA) is 38.3 Å². The monoisotopic (exact) mass is 283 g/mol. The van der Waals surface area contributed by atoms with Crippen LogP contribution in [0, 0.1) is 0 Å². The molecule has 0 saturated carbocycles. The molecule has 2 rings (SSSR count). The molecule has 4 heteroatoms. The van der Waals surface area contributed by atoms with E-state index in [1.807, 2.05) is 24.3 Å². The molecule has 1 aromatic rings. The molecule has 1 aliphatic heterocycles. The van der Waals surface area contributed by atoms with Gasteiger partial charge in [0.1, 0.15) is 5.75 Å². The Labute approximate surface area is 103 Å². The van der Waals surface area contributed by atoms with E-state index in [-0.39, 0.29) is 12.0 Å². The van der Waals surface area contributed by atoms with Gasteiger partial charge >= 0.3 is 0 Å². The van der Waals surface area contributed by atoms with E-state index >= 15 is 0 Å². The second-order valence-electron chi connectivity index (χ2n) is 3.85. The Morgan fingerprint density at radius 1 is 1.25 bits per heavy atom. The summed E-state index contributed by atoms with van der Waals surface area (Å²) in [6, 6.07) is 7.54. The molecular formula is C12H14BrNO2. The van der Waals surface area contributed by atoms with Crippen molar-refractivity contribution in [3.63, 3.8) is 0 Å². The first kappa shape index (κ1) is 11.5. The molecule has 0 aliphatic carbocycles. The largest absolute Gasteiger partial charge is 0.481 e. The molecular weight excluding hydrogens is 270 g/mol. The molecule has 1 fully saturated rings. The van der Waals surface area contributed by atoms with Gasteiger partial charge in [-0.05, 0) is 43.5 Å². The molecule has 1 atom stereocenters. The van der Waals surface area contributed by atoms with E-state index in [9.17, 15) is 4.79 Å². The summed E-state index contributed by atoms with van der Waals surface area (Å²) in [7, 11) is 0. The van der Waals surface area contributed by atoms with Gasteiger partial charge in [-0.2, -0.15) is 0 Å². The van der Waals surface area contributed by atoms with Gasteiger partial charge in [-0.3, -0.25) is 4.79 Å². The summed E-state index contributed by atoms with van der Waals surface area (Å²) in [5, 5.41) is 2.85. The van der Waals surface area contributed by atoms with Crippen LogP contribution in [0.25, 0.3) is 0 Å². The Balaban J connectivity index is 2.02. The van der Waals surface area contributed by atoms with Gasteiger partial charge < -0.3 is 10.1 Å². The summed E-state index contributed by atoms with van der Waals surface area (Å²) in [6.45, 7) is 0.763. The minimum absolute atomic E-state index is 0.000388. The standard InChI is InChI=1S/C12H14BrNO2/c13-9-4-6-10(7-5-9)16-11-3-1-2-8-14-12(11)15/h4-7,11H,1-3,8H2,(H,14,15)/t11-/m0/s1. The first-order valence-corrected chi connectivity index (χ1v) is 6.25. The molecule has 86 valence electrons. The van der Waals surface area contributed by atoms with E-state index in [1.54, 1.807) is 0 Å². The fraction of sp³-hybridized carbons (Fsp3) is 0.417. The number of nitrogens with one attached hydrogen (secondary N) is 1. The van der Waals surface area contributed by atoms with E-state index in [2.05, 4.69) is 21.2 Å². The third kappa shape index (κ3) is 2.98. The van der Waals surface area contributed by atoms with Crippen molar-refractivity contribution in [2.45, 2.75) is 25.4 Å². The van der Waals surface area contributed by atoms with Crippen molar-refractivity contribution in [3.05, 3.63) is 28.7 Å². The SMILES string of the molecule is O=C1NCCCC[C@@H]1Oc1ccc(Br)cc1. The van der Waals surface area contributed by atoms with E-state index in [4.69, 9.17) is 4.74 Å². The summed E-state index contributed by atoms with van der Waals surface area (Å²) < 4.78 is 6.67. The first-order chi connectivity index (χ1) is 7.75. The predicted molar refractivity (Wildman–Crippen MR) is 65.4 cm³/mol. The highest BCUT2D eigenvalue weighted by Gasteiger charge is 2.21. The minimum Gasteiger partial charge on any atom is -0.481 e. The van der Waals surface area contributed by atoms with Crippen LogP contribution in [0.5, 0.6) is 5.75 Å². The van der Waals surface area contributed by atoms with Crippen molar-refractivity contribution in [2.75, 3.05) is 6.54 Å². The second-order valence-corrected chi connectivity index (χ2v) is 4.76. The lowest BCUT2D eigenvalue weighted by molar-refractivity contribution is -0.127. The average Bonchev–Trinajstić information content (AvgIpc) is 2.48. The Bertz CT molecular complexity index is 364. The second kappa shape index (κ2) is 5.34. The van der Waals surface area contributed by atoms with Crippen LogP contribution in [0.15, 0.2) is 28.7 Å². The minimum atomic E-state index is -0.344. The third-order valence-electron chi connectivity index (χ3n) is 2.58. The van der Waals surface area contributed by atoms with Crippen LogP contribution in [0.1, 0.15) is 19.3 Å². The first-order valence-electron chi connectivity index (χ1n) is 5.45. The Morgan fingerprint density at radius 2 is 2.00 bits per heavy atom. The number of benzene rings is 1. The molecule has 1 aliphatic rings. The van der Waals surface area contributed by atoms with Crippen LogP contribution in [0.3, 0.4) is 0 Å². The predicted octanol–water partition coefficient (Wildman–Crippen LogP) is 2.50. The van der Waals surface area contributed by atoms with Crippen LogP contribution in [0.4, 0.5) is 0 Å². The maximum absolute atomic E-state index is 11.6. The van der Waals surface area contributed by atoms with Crippen LogP contribution >= 0.6 is 15.9 Å². The van der Waals surface area contributed by atoms with Crippen molar-refractivity contribution in [2.24, 2.45) is 0 Å². The van der Waals surface area contributed by atoms with Crippen molar-refractivity contribution in [1.82, 2.24) is 5.32 Å². The zero-order chi connectivity index (χ0) is 11.4. The smallest absolute Gasteiger partial charge is 0.261 e. The van der Waals surface area contributed by atoms with E-state index < -0.39 is 0 Å². The molecule has 1 amide bonds. The van der Waals surface area contributed by atoms with Gasteiger partial charge in [-0.1, -0.05) is 15.9 Å². The molecule has 0 bridgehead atoms. The zero-order valence-corrected chi connectivity index (χ0v) is 10.5. The Kier molecular flexibility index (Phi) is 3.83. The molecule has 0 spiro atoms. The fourth-order valence-electron chi connectivity index (χ4n) is 1.70. The summed E-state index contributed by atoms with van der Waals surface area (Å²) in [6.07, 6.45) is 2.51. The lowest BCUT2D eigenvalue weighted by Gasteiger charge is -2.15. The highest BCUT2D eigenvalue weighted by atomic mass is 79.9. The molecule has 0 unspecified atom stereocenters. The number of hydrogen-bond acceptors (Lipinski definition) is 2. The van der Waals surface area contributed by atoms with E-state index in [0.29, 0.717) is 0 Å². The average molecular weight is 284 g/mol. The normalized spacial score (nSPS) is 21.1. The zero-order valence-electron chi connectivity index (χ0n) is 8.91. The van der Waals surface area contributed by atoms with Gasteiger partial charge in [0, 0.05) is 11.0 Å². The maximum atomic E-state index is 11.6. The molecule has 0 aromatic heterocycles. The number of halogens is 1. The van der Waals surface area contributed by atoms with Gasteiger partial charge in [-0.25, -0.2) is 0 Å². The molecule has 16 heavy (non-hydrogen) atoms.